The number of esters is 1. The molecule has 0 bridgehead atoms. The molecule has 106 valence electrons. The number of nitrogens with zero attached hydrogens (tertiary/aromatic N) is 1. The van der Waals surface area contributed by atoms with Crippen LogP contribution in [0.25, 0.3) is 11.5 Å². The number of halogens is 2. The minimum Gasteiger partial charge on any atom is -0.463 e. The van der Waals surface area contributed by atoms with E-state index in [1.807, 2.05) is 0 Å². The maximum atomic E-state index is 13.4. The van der Waals surface area contributed by atoms with E-state index in [1.54, 1.807) is 0 Å². The molecule has 0 saturated carbocycles. The molecule has 2 aromatic rings. The number of ether oxygens (including phenoxy) is 2. The average molecular weight is 300 g/mol. The van der Waals surface area contributed by atoms with E-state index in [0.29, 0.717) is 0 Å². The summed E-state index contributed by atoms with van der Waals surface area (Å²) in [6.45, 7) is 0.0564. The highest BCUT2D eigenvalue weighted by Crippen LogP contribution is 2.31. The summed E-state index contributed by atoms with van der Waals surface area (Å²) in [4.78, 5) is 15.7. The second-order valence-corrected chi connectivity index (χ2v) is 4.20. The fraction of sp³-hybridized carbons (Fsp3) is 0.231. The van der Waals surface area contributed by atoms with Crippen LogP contribution in [0, 0.1) is 5.82 Å². The van der Waals surface area contributed by atoms with E-state index < -0.39 is 11.8 Å². The van der Waals surface area contributed by atoms with Crippen LogP contribution < -0.4 is 0 Å². The first-order chi connectivity index (χ1) is 9.58. The lowest BCUT2D eigenvalue weighted by atomic mass is 10.2. The molecule has 0 N–H and O–H groups in total. The number of hydrogen-bond acceptors (Lipinski definition) is 5. The highest BCUT2D eigenvalue weighted by atomic mass is 35.5. The number of aromatic nitrogens is 1. The van der Waals surface area contributed by atoms with Gasteiger partial charge < -0.3 is 13.9 Å². The molecular formula is C13H11ClFNO4. The largest absolute Gasteiger partial charge is 0.463 e. The Balaban J connectivity index is 2.52. The monoisotopic (exact) mass is 299 g/mol. The fourth-order valence-electron chi connectivity index (χ4n) is 1.62. The van der Waals surface area contributed by atoms with Gasteiger partial charge in [0.25, 0.3) is 0 Å². The molecule has 20 heavy (non-hydrogen) atoms. The minimum atomic E-state index is -0.691. The molecule has 1 heterocycles. The molecule has 0 aliphatic carbocycles. The predicted molar refractivity (Wildman–Crippen MR) is 69.0 cm³/mol. The molecule has 7 heteroatoms. The number of oxazole rings is 1. The van der Waals surface area contributed by atoms with E-state index in [2.05, 4.69) is 9.72 Å². The lowest BCUT2D eigenvalue weighted by molar-refractivity contribution is 0.0559. The first-order valence-electron chi connectivity index (χ1n) is 5.59. The van der Waals surface area contributed by atoms with E-state index in [9.17, 15) is 9.18 Å². The van der Waals surface area contributed by atoms with Crippen molar-refractivity contribution in [3.05, 3.63) is 40.5 Å². The first kappa shape index (κ1) is 14.5. The van der Waals surface area contributed by atoms with Crippen molar-refractivity contribution in [1.29, 1.82) is 0 Å². The maximum Gasteiger partial charge on any atom is 0.376 e. The topological polar surface area (TPSA) is 61.6 Å². The van der Waals surface area contributed by atoms with E-state index >= 15 is 0 Å². The summed E-state index contributed by atoms with van der Waals surface area (Å²) in [6, 6.07) is 4.22. The van der Waals surface area contributed by atoms with Crippen LogP contribution in [-0.4, -0.2) is 25.2 Å². The Morgan fingerprint density at radius 2 is 2.20 bits per heavy atom. The Morgan fingerprint density at radius 3 is 2.85 bits per heavy atom. The SMILES string of the molecule is COCc1nc(-c2cccc(F)c2Cl)oc1C(=O)OC. The quantitative estimate of drug-likeness (QED) is 0.812. The van der Waals surface area contributed by atoms with Gasteiger partial charge in [-0.05, 0) is 12.1 Å². The summed E-state index contributed by atoms with van der Waals surface area (Å²) in [5.41, 5.74) is 0.508. The number of benzene rings is 1. The highest BCUT2D eigenvalue weighted by Gasteiger charge is 2.23. The van der Waals surface area contributed by atoms with E-state index in [1.165, 1.54) is 32.4 Å². The lowest BCUT2D eigenvalue weighted by Gasteiger charge is -1.99. The smallest absolute Gasteiger partial charge is 0.376 e. The van der Waals surface area contributed by atoms with Crippen molar-refractivity contribution in [3.63, 3.8) is 0 Å². The van der Waals surface area contributed by atoms with Crippen molar-refractivity contribution in [1.82, 2.24) is 4.98 Å². The van der Waals surface area contributed by atoms with Gasteiger partial charge in [0.2, 0.25) is 11.7 Å². The van der Waals surface area contributed by atoms with Gasteiger partial charge >= 0.3 is 5.97 Å². The third-order valence-corrected chi connectivity index (χ3v) is 2.92. The van der Waals surface area contributed by atoms with Crippen LogP contribution in [0.4, 0.5) is 4.39 Å². The molecule has 0 fully saturated rings. The third kappa shape index (κ3) is 2.66. The number of carbonyl (C=O) groups is 1. The first-order valence-corrected chi connectivity index (χ1v) is 5.97. The third-order valence-electron chi connectivity index (χ3n) is 2.53. The second kappa shape index (κ2) is 6.02. The van der Waals surface area contributed by atoms with Crippen molar-refractivity contribution in [2.24, 2.45) is 0 Å². The minimum absolute atomic E-state index is 0.0296. The predicted octanol–water partition coefficient (Wildman–Crippen LogP) is 3.07. The van der Waals surface area contributed by atoms with Gasteiger partial charge in [0.1, 0.15) is 11.5 Å². The summed E-state index contributed by atoms with van der Waals surface area (Å²) in [5, 5.41) is -0.130. The average Bonchev–Trinajstić information content (AvgIpc) is 2.85. The molecule has 0 aliphatic rings. The molecule has 2 rings (SSSR count). The van der Waals surface area contributed by atoms with Crippen molar-refractivity contribution in [3.8, 4) is 11.5 Å². The normalized spacial score (nSPS) is 10.6. The number of hydrogen-bond donors (Lipinski definition) is 0. The van der Waals surface area contributed by atoms with Crippen molar-refractivity contribution in [2.75, 3.05) is 14.2 Å². The van der Waals surface area contributed by atoms with Crippen molar-refractivity contribution in [2.45, 2.75) is 6.61 Å². The van der Waals surface area contributed by atoms with Gasteiger partial charge in [0, 0.05) is 7.11 Å². The van der Waals surface area contributed by atoms with E-state index in [0.717, 1.165) is 0 Å². The van der Waals surface area contributed by atoms with Gasteiger partial charge in [0.05, 0.1) is 24.3 Å². The molecule has 1 aromatic carbocycles. The summed E-state index contributed by atoms with van der Waals surface area (Å²) < 4.78 is 28.3. The van der Waals surface area contributed by atoms with Gasteiger partial charge in [0.15, 0.2) is 0 Å². The summed E-state index contributed by atoms with van der Waals surface area (Å²) in [6.07, 6.45) is 0. The van der Waals surface area contributed by atoms with E-state index in [4.69, 9.17) is 20.8 Å². The van der Waals surface area contributed by atoms with Crippen LogP contribution in [0.15, 0.2) is 22.6 Å². The second-order valence-electron chi connectivity index (χ2n) is 3.82. The zero-order chi connectivity index (χ0) is 14.7. The van der Waals surface area contributed by atoms with Gasteiger partial charge in [-0.1, -0.05) is 17.7 Å². The van der Waals surface area contributed by atoms with Gasteiger partial charge in [-0.3, -0.25) is 0 Å². The Hall–Kier alpha value is -1.92. The molecule has 0 radical (unpaired) electrons. The molecule has 5 nitrogen and oxygen atoms in total. The zero-order valence-corrected chi connectivity index (χ0v) is 11.5. The zero-order valence-electron chi connectivity index (χ0n) is 10.8. The molecule has 0 aliphatic heterocycles. The lowest BCUT2D eigenvalue weighted by Crippen LogP contribution is -2.04. The Labute approximate surface area is 119 Å². The summed E-state index contributed by atoms with van der Waals surface area (Å²) in [7, 11) is 2.67. The molecule has 0 atom stereocenters. The van der Waals surface area contributed by atoms with Gasteiger partial charge in [-0.25, -0.2) is 14.2 Å². The number of methoxy groups -OCH3 is 2. The molecule has 0 saturated heterocycles. The molecular weight excluding hydrogens is 289 g/mol. The van der Waals surface area contributed by atoms with Gasteiger partial charge in [-0.2, -0.15) is 0 Å². The van der Waals surface area contributed by atoms with Crippen molar-refractivity contribution < 1.29 is 23.1 Å². The summed E-state index contributed by atoms with van der Waals surface area (Å²) >= 11 is 5.86. The standard InChI is InChI=1S/C13H11ClFNO4/c1-18-6-9-11(13(17)19-2)20-12(16-9)7-4-3-5-8(15)10(7)14/h3-5H,6H2,1-2H3. The van der Waals surface area contributed by atoms with Crippen LogP contribution >= 0.6 is 11.6 Å². The van der Waals surface area contributed by atoms with Crippen LogP contribution in [0.1, 0.15) is 16.2 Å². The molecule has 0 unspecified atom stereocenters. The summed E-state index contributed by atoms with van der Waals surface area (Å²) in [5.74, 6) is -1.36. The Bertz CT molecular complexity index is 641. The van der Waals surface area contributed by atoms with Gasteiger partial charge in [-0.15, -0.1) is 0 Å². The Morgan fingerprint density at radius 1 is 1.45 bits per heavy atom. The molecule has 0 spiro atoms. The highest BCUT2D eigenvalue weighted by molar-refractivity contribution is 6.33. The van der Waals surface area contributed by atoms with Crippen molar-refractivity contribution >= 4 is 17.6 Å². The molecule has 1 aromatic heterocycles. The van der Waals surface area contributed by atoms with Crippen LogP contribution in [0.5, 0.6) is 0 Å². The van der Waals surface area contributed by atoms with Crippen LogP contribution in [0.3, 0.4) is 0 Å². The maximum absolute atomic E-state index is 13.4. The van der Waals surface area contributed by atoms with Crippen LogP contribution in [-0.2, 0) is 16.1 Å². The number of carbonyl (C=O) groups excluding carboxylic acids is 1. The van der Waals surface area contributed by atoms with E-state index in [-0.39, 0.29) is 34.5 Å². The Kier molecular flexibility index (Phi) is 4.36. The molecule has 0 amide bonds. The number of rotatable bonds is 4. The fourth-order valence-corrected chi connectivity index (χ4v) is 1.83. The van der Waals surface area contributed by atoms with Crippen LogP contribution in [0.2, 0.25) is 5.02 Å².